The molecule has 0 fully saturated rings. The molecular weight excluding hydrogens is 338 g/mol. The van der Waals surface area contributed by atoms with E-state index in [0.717, 1.165) is 21.5 Å². The Morgan fingerprint density at radius 2 is 2.05 bits per heavy atom. The third-order valence-corrected chi connectivity index (χ3v) is 3.95. The van der Waals surface area contributed by atoms with Crippen molar-refractivity contribution in [1.29, 1.82) is 0 Å². The van der Waals surface area contributed by atoms with Crippen molar-refractivity contribution in [2.24, 2.45) is 0 Å². The quantitative estimate of drug-likeness (QED) is 0.714. The van der Waals surface area contributed by atoms with E-state index in [2.05, 4.69) is 27.8 Å². The maximum absolute atomic E-state index is 5.98. The molecule has 2 rings (SSSR count). The van der Waals surface area contributed by atoms with Crippen molar-refractivity contribution >= 4 is 33.2 Å². The highest BCUT2D eigenvalue weighted by Crippen LogP contribution is 2.26. The lowest BCUT2D eigenvalue weighted by Crippen LogP contribution is -2.03. The van der Waals surface area contributed by atoms with Crippen LogP contribution in [-0.4, -0.2) is 6.61 Å². The summed E-state index contributed by atoms with van der Waals surface area (Å²) in [5, 5.41) is 4.05. The molecule has 0 heterocycles. The van der Waals surface area contributed by atoms with Crippen molar-refractivity contribution in [3.8, 4) is 5.75 Å². The van der Waals surface area contributed by atoms with Crippen LogP contribution < -0.4 is 10.1 Å². The van der Waals surface area contributed by atoms with Gasteiger partial charge in [0, 0.05) is 22.3 Å². The zero-order valence-electron chi connectivity index (χ0n) is 10.9. The average Bonchev–Trinajstić information content (AvgIpc) is 2.47. The van der Waals surface area contributed by atoms with Gasteiger partial charge < -0.3 is 10.1 Å². The van der Waals surface area contributed by atoms with Gasteiger partial charge >= 0.3 is 0 Å². The van der Waals surface area contributed by atoms with E-state index in [0.29, 0.717) is 18.2 Å². The van der Waals surface area contributed by atoms with E-state index in [1.54, 1.807) is 6.08 Å². The number of rotatable bonds is 6. The molecule has 4 heteroatoms. The van der Waals surface area contributed by atoms with Crippen LogP contribution in [0.4, 0.5) is 5.69 Å². The highest BCUT2D eigenvalue weighted by Gasteiger charge is 2.03. The molecule has 0 atom stereocenters. The molecule has 0 aliphatic carbocycles. The molecule has 0 radical (unpaired) electrons. The van der Waals surface area contributed by atoms with Crippen LogP contribution in [0.15, 0.2) is 59.6 Å². The Morgan fingerprint density at radius 1 is 1.25 bits per heavy atom. The first-order chi connectivity index (χ1) is 9.70. The van der Waals surface area contributed by atoms with Crippen molar-refractivity contribution < 1.29 is 4.74 Å². The summed E-state index contributed by atoms with van der Waals surface area (Å²) >= 11 is 9.39. The van der Waals surface area contributed by atoms with Gasteiger partial charge in [0.2, 0.25) is 0 Å². The van der Waals surface area contributed by atoms with Gasteiger partial charge in [0.25, 0.3) is 0 Å². The largest absolute Gasteiger partial charge is 0.489 e. The minimum absolute atomic E-state index is 0.503. The molecular formula is C16H15BrClNO. The number of para-hydroxylation sites is 1. The molecule has 0 bridgehead atoms. The first-order valence-corrected chi connectivity index (χ1v) is 7.38. The summed E-state index contributed by atoms with van der Waals surface area (Å²) in [6.45, 7) is 4.84. The fraction of sp³-hybridized carbons (Fsp3) is 0.125. The van der Waals surface area contributed by atoms with Gasteiger partial charge in [-0.15, -0.1) is 0 Å². The topological polar surface area (TPSA) is 21.3 Å². The van der Waals surface area contributed by atoms with Crippen molar-refractivity contribution in [3.05, 3.63) is 70.2 Å². The Labute approximate surface area is 132 Å². The Balaban J connectivity index is 2.06. The van der Waals surface area contributed by atoms with Crippen molar-refractivity contribution in [2.45, 2.75) is 6.54 Å². The smallest absolute Gasteiger partial charge is 0.124 e. The van der Waals surface area contributed by atoms with E-state index in [4.69, 9.17) is 16.3 Å². The highest BCUT2D eigenvalue weighted by molar-refractivity contribution is 9.10. The Bertz CT molecular complexity index is 601. The number of ether oxygens (including phenoxy) is 1. The fourth-order valence-electron chi connectivity index (χ4n) is 1.74. The monoisotopic (exact) mass is 351 g/mol. The lowest BCUT2D eigenvalue weighted by atomic mass is 10.2. The van der Waals surface area contributed by atoms with E-state index >= 15 is 0 Å². The number of benzene rings is 2. The Hall–Kier alpha value is -1.45. The zero-order chi connectivity index (χ0) is 14.4. The third kappa shape index (κ3) is 4.02. The van der Waals surface area contributed by atoms with Crippen LogP contribution in [0.5, 0.6) is 5.75 Å². The molecule has 0 unspecified atom stereocenters. The molecule has 2 aromatic carbocycles. The van der Waals surface area contributed by atoms with E-state index in [9.17, 15) is 0 Å². The van der Waals surface area contributed by atoms with Crippen LogP contribution in [0, 0.1) is 0 Å². The van der Waals surface area contributed by atoms with Gasteiger partial charge in [0.15, 0.2) is 0 Å². The molecule has 104 valence electrons. The number of hydrogen-bond donors (Lipinski definition) is 1. The van der Waals surface area contributed by atoms with Gasteiger partial charge in [-0.3, -0.25) is 0 Å². The second-order valence-corrected chi connectivity index (χ2v) is 5.45. The summed E-state index contributed by atoms with van der Waals surface area (Å²) < 4.78 is 6.50. The van der Waals surface area contributed by atoms with E-state index in [-0.39, 0.29) is 0 Å². The van der Waals surface area contributed by atoms with Crippen LogP contribution in [0.2, 0.25) is 5.02 Å². The molecule has 0 aliphatic heterocycles. The van der Waals surface area contributed by atoms with Gasteiger partial charge in [-0.1, -0.05) is 42.5 Å². The summed E-state index contributed by atoms with van der Waals surface area (Å²) in [6, 6.07) is 13.7. The number of hydrogen-bond acceptors (Lipinski definition) is 2. The molecule has 0 spiro atoms. The average molecular weight is 353 g/mol. The lowest BCUT2D eigenvalue weighted by molar-refractivity contribution is 0.359. The van der Waals surface area contributed by atoms with Crippen molar-refractivity contribution in [3.63, 3.8) is 0 Å². The van der Waals surface area contributed by atoms with Gasteiger partial charge in [-0.25, -0.2) is 0 Å². The SMILES string of the molecule is C=CCOc1ccccc1CNc1ccc(Cl)c(Br)c1. The van der Waals surface area contributed by atoms with Gasteiger partial charge in [-0.05, 0) is 40.2 Å². The van der Waals surface area contributed by atoms with Crippen LogP contribution in [0.1, 0.15) is 5.56 Å². The summed E-state index contributed by atoms with van der Waals surface area (Å²) in [5.74, 6) is 0.868. The van der Waals surface area contributed by atoms with Crippen molar-refractivity contribution in [1.82, 2.24) is 0 Å². The minimum Gasteiger partial charge on any atom is -0.489 e. The molecule has 2 aromatic rings. The molecule has 2 nitrogen and oxygen atoms in total. The zero-order valence-corrected chi connectivity index (χ0v) is 13.2. The molecule has 20 heavy (non-hydrogen) atoms. The summed E-state index contributed by atoms with van der Waals surface area (Å²) in [4.78, 5) is 0. The molecule has 1 N–H and O–H groups in total. The second kappa shape index (κ2) is 7.36. The Kier molecular flexibility index (Phi) is 5.50. The molecule has 0 saturated heterocycles. The first kappa shape index (κ1) is 14.9. The van der Waals surface area contributed by atoms with Crippen molar-refractivity contribution in [2.75, 3.05) is 11.9 Å². The van der Waals surface area contributed by atoms with Crippen LogP contribution >= 0.6 is 27.5 Å². The number of halogens is 2. The van der Waals surface area contributed by atoms with E-state index in [1.165, 1.54) is 0 Å². The predicted octanol–water partition coefficient (Wildman–Crippen LogP) is 5.28. The molecule has 0 aromatic heterocycles. The summed E-state index contributed by atoms with van der Waals surface area (Å²) in [7, 11) is 0. The summed E-state index contributed by atoms with van der Waals surface area (Å²) in [5.41, 5.74) is 2.10. The molecule has 0 saturated carbocycles. The normalized spacial score (nSPS) is 10.1. The van der Waals surface area contributed by atoms with Gasteiger partial charge in [-0.2, -0.15) is 0 Å². The number of anilines is 1. The van der Waals surface area contributed by atoms with E-state index < -0.39 is 0 Å². The van der Waals surface area contributed by atoms with Crippen LogP contribution in [0.3, 0.4) is 0 Å². The first-order valence-electron chi connectivity index (χ1n) is 6.21. The summed E-state index contributed by atoms with van der Waals surface area (Å²) in [6.07, 6.45) is 1.74. The fourth-order valence-corrected chi connectivity index (χ4v) is 2.24. The lowest BCUT2D eigenvalue weighted by Gasteiger charge is -2.12. The molecule has 0 amide bonds. The Morgan fingerprint density at radius 3 is 2.80 bits per heavy atom. The molecule has 0 aliphatic rings. The van der Waals surface area contributed by atoms with Gasteiger partial charge in [0.05, 0.1) is 5.02 Å². The maximum Gasteiger partial charge on any atom is 0.124 e. The predicted molar refractivity (Wildman–Crippen MR) is 88.6 cm³/mol. The van der Waals surface area contributed by atoms with Crippen LogP contribution in [-0.2, 0) is 6.54 Å². The maximum atomic E-state index is 5.98. The standard InChI is InChI=1S/C16H15BrClNO/c1-2-9-20-16-6-4-3-5-12(16)11-19-13-7-8-15(18)14(17)10-13/h2-8,10,19H,1,9,11H2. The van der Waals surface area contributed by atoms with Crippen LogP contribution in [0.25, 0.3) is 0 Å². The second-order valence-electron chi connectivity index (χ2n) is 4.19. The number of nitrogens with one attached hydrogen (secondary N) is 1. The van der Waals surface area contributed by atoms with E-state index in [1.807, 2.05) is 42.5 Å². The third-order valence-electron chi connectivity index (χ3n) is 2.73. The minimum atomic E-state index is 0.503. The highest BCUT2D eigenvalue weighted by atomic mass is 79.9. The van der Waals surface area contributed by atoms with Gasteiger partial charge in [0.1, 0.15) is 12.4 Å².